The molecule has 1 aromatic rings. The van der Waals surface area contributed by atoms with Gasteiger partial charge in [-0.15, -0.1) is 0 Å². The lowest BCUT2D eigenvalue weighted by Crippen LogP contribution is -2.33. The van der Waals surface area contributed by atoms with Gasteiger partial charge in [0.1, 0.15) is 0 Å². The third kappa shape index (κ3) is 4.43. The van der Waals surface area contributed by atoms with Crippen molar-refractivity contribution < 1.29 is 0 Å². The minimum absolute atomic E-state index is 0.640. The van der Waals surface area contributed by atoms with Crippen molar-refractivity contribution in [1.29, 1.82) is 0 Å². The van der Waals surface area contributed by atoms with Crippen LogP contribution in [0.2, 0.25) is 0 Å². The van der Waals surface area contributed by atoms with Gasteiger partial charge in [0.2, 0.25) is 0 Å². The summed E-state index contributed by atoms with van der Waals surface area (Å²) in [5, 5.41) is 0. The monoisotopic (exact) mass is 206 g/mol. The van der Waals surface area contributed by atoms with Crippen molar-refractivity contribution in [3.05, 3.63) is 30.1 Å². The molecule has 84 valence electrons. The largest absolute Gasteiger partial charge is 0.301 e. The minimum atomic E-state index is 0.640. The van der Waals surface area contributed by atoms with Crippen molar-refractivity contribution in [2.45, 2.75) is 39.7 Å². The minimum Gasteiger partial charge on any atom is -0.301 e. The Labute approximate surface area is 93.3 Å². The number of hydrogen-bond donors (Lipinski definition) is 0. The van der Waals surface area contributed by atoms with E-state index < -0.39 is 0 Å². The van der Waals surface area contributed by atoms with Crippen LogP contribution in [0.5, 0.6) is 0 Å². The number of aromatic nitrogens is 1. The molecule has 0 saturated carbocycles. The van der Waals surface area contributed by atoms with E-state index >= 15 is 0 Å². The Morgan fingerprint density at radius 3 is 2.67 bits per heavy atom. The first kappa shape index (κ1) is 12.2. The fraction of sp³-hybridized carbons (Fsp3) is 0.615. The maximum absolute atomic E-state index is 4.13. The fourth-order valence-corrected chi connectivity index (χ4v) is 1.73. The molecule has 1 aromatic heterocycles. The Balaban J connectivity index is 2.40. The molecule has 0 aliphatic heterocycles. The lowest BCUT2D eigenvalue weighted by Gasteiger charge is -2.25. The first-order valence-corrected chi connectivity index (χ1v) is 5.87. The predicted molar refractivity (Wildman–Crippen MR) is 64.9 cm³/mol. The van der Waals surface area contributed by atoms with Gasteiger partial charge in [0, 0.05) is 25.0 Å². The summed E-state index contributed by atoms with van der Waals surface area (Å²) in [6.07, 6.45) is 6.12. The Kier molecular flexibility index (Phi) is 5.33. The van der Waals surface area contributed by atoms with Crippen molar-refractivity contribution in [3.8, 4) is 0 Å². The highest BCUT2D eigenvalue weighted by Gasteiger charge is 2.07. The van der Waals surface area contributed by atoms with E-state index in [-0.39, 0.29) is 0 Å². The van der Waals surface area contributed by atoms with Crippen LogP contribution in [0.3, 0.4) is 0 Å². The smallest absolute Gasteiger partial charge is 0.0300 e. The van der Waals surface area contributed by atoms with E-state index in [0.29, 0.717) is 6.04 Å². The Morgan fingerprint density at radius 1 is 1.33 bits per heavy atom. The molecule has 0 aliphatic rings. The highest BCUT2D eigenvalue weighted by atomic mass is 15.1. The molecule has 0 spiro atoms. The molecule has 0 amide bonds. The molecule has 1 heterocycles. The molecular formula is C13H22N2. The van der Waals surface area contributed by atoms with E-state index in [1.165, 1.54) is 18.5 Å². The fourth-order valence-electron chi connectivity index (χ4n) is 1.73. The van der Waals surface area contributed by atoms with Crippen molar-refractivity contribution in [2.24, 2.45) is 0 Å². The molecule has 0 aromatic carbocycles. The van der Waals surface area contributed by atoms with E-state index in [0.717, 1.165) is 13.0 Å². The van der Waals surface area contributed by atoms with Gasteiger partial charge in [-0.05, 0) is 44.9 Å². The van der Waals surface area contributed by atoms with Crippen LogP contribution < -0.4 is 0 Å². The summed E-state index contributed by atoms with van der Waals surface area (Å²) < 4.78 is 0. The van der Waals surface area contributed by atoms with Crippen LogP contribution in [0.4, 0.5) is 0 Å². The zero-order chi connectivity index (χ0) is 11.1. The molecule has 0 radical (unpaired) electrons. The highest BCUT2D eigenvalue weighted by Crippen LogP contribution is 2.04. The highest BCUT2D eigenvalue weighted by molar-refractivity contribution is 5.08. The van der Waals surface area contributed by atoms with Gasteiger partial charge < -0.3 is 4.90 Å². The second-order valence-electron chi connectivity index (χ2n) is 4.24. The second-order valence-corrected chi connectivity index (χ2v) is 4.24. The van der Waals surface area contributed by atoms with Gasteiger partial charge in [-0.2, -0.15) is 0 Å². The summed E-state index contributed by atoms with van der Waals surface area (Å²) in [7, 11) is 0. The van der Waals surface area contributed by atoms with Crippen LogP contribution in [0.1, 0.15) is 32.8 Å². The summed E-state index contributed by atoms with van der Waals surface area (Å²) in [5.41, 5.74) is 1.33. The van der Waals surface area contributed by atoms with Gasteiger partial charge in [0.15, 0.2) is 0 Å². The van der Waals surface area contributed by atoms with Crippen LogP contribution in [0.15, 0.2) is 24.5 Å². The topological polar surface area (TPSA) is 16.1 Å². The van der Waals surface area contributed by atoms with Crippen LogP contribution in [0, 0.1) is 0 Å². The summed E-state index contributed by atoms with van der Waals surface area (Å²) in [5.74, 6) is 0. The van der Waals surface area contributed by atoms with Crippen LogP contribution in [0.25, 0.3) is 0 Å². The summed E-state index contributed by atoms with van der Waals surface area (Å²) in [6, 6.07) is 4.80. The summed E-state index contributed by atoms with van der Waals surface area (Å²) in [6.45, 7) is 9.09. The van der Waals surface area contributed by atoms with Crippen molar-refractivity contribution in [2.75, 3.05) is 13.1 Å². The van der Waals surface area contributed by atoms with E-state index in [2.05, 4.69) is 36.7 Å². The second kappa shape index (κ2) is 6.57. The van der Waals surface area contributed by atoms with Gasteiger partial charge in [0.05, 0.1) is 0 Å². The van der Waals surface area contributed by atoms with Crippen LogP contribution >= 0.6 is 0 Å². The number of hydrogen-bond acceptors (Lipinski definition) is 2. The average molecular weight is 206 g/mol. The normalized spacial score (nSPS) is 11.3. The SMILES string of the molecule is CCCN(CCc1cccnc1)C(C)C. The first-order chi connectivity index (χ1) is 7.24. The maximum Gasteiger partial charge on any atom is 0.0300 e. The van der Waals surface area contributed by atoms with Crippen molar-refractivity contribution in [1.82, 2.24) is 9.88 Å². The lowest BCUT2D eigenvalue weighted by atomic mass is 10.2. The molecule has 0 fully saturated rings. The Bertz CT molecular complexity index is 256. The number of nitrogens with zero attached hydrogens (tertiary/aromatic N) is 2. The lowest BCUT2D eigenvalue weighted by molar-refractivity contribution is 0.225. The van der Waals surface area contributed by atoms with Crippen LogP contribution in [-0.2, 0) is 6.42 Å². The molecule has 15 heavy (non-hydrogen) atoms. The third-order valence-corrected chi connectivity index (χ3v) is 2.65. The van der Waals surface area contributed by atoms with E-state index in [1.54, 1.807) is 0 Å². The molecule has 0 saturated heterocycles. The summed E-state index contributed by atoms with van der Waals surface area (Å²) in [4.78, 5) is 6.66. The Morgan fingerprint density at radius 2 is 2.13 bits per heavy atom. The van der Waals surface area contributed by atoms with Gasteiger partial charge in [-0.25, -0.2) is 0 Å². The molecule has 2 heteroatoms. The molecule has 0 unspecified atom stereocenters. The van der Waals surface area contributed by atoms with Crippen molar-refractivity contribution in [3.63, 3.8) is 0 Å². The molecule has 0 atom stereocenters. The molecule has 0 N–H and O–H groups in total. The predicted octanol–water partition coefficient (Wildman–Crippen LogP) is 2.74. The molecular weight excluding hydrogens is 184 g/mol. The molecule has 0 aliphatic carbocycles. The third-order valence-electron chi connectivity index (χ3n) is 2.65. The van der Waals surface area contributed by atoms with Gasteiger partial charge in [-0.3, -0.25) is 4.98 Å². The Hall–Kier alpha value is -0.890. The molecule has 1 rings (SSSR count). The van der Waals surface area contributed by atoms with Gasteiger partial charge >= 0.3 is 0 Å². The molecule has 0 bridgehead atoms. The van der Waals surface area contributed by atoms with Gasteiger partial charge in [0.25, 0.3) is 0 Å². The van der Waals surface area contributed by atoms with Gasteiger partial charge in [-0.1, -0.05) is 13.0 Å². The zero-order valence-corrected chi connectivity index (χ0v) is 10.1. The first-order valence-electron chi connectivity index (χ1n) is 5.87. The van der Waals surface area contributed by atoms with E-state index in [9.17, 15) is 0 Å². The zero-order valence-electron chi connectivity index (χ0n) is 10.1. The maximum atomic E-state index is 4.13. The summed E-state index contributed by atoms with van der Waals surface area (Å²) >= 11 is 0. The number of rotatable bonds is 6. The van der Waals surface area contributed by atoms with Crippen LogP contribution in [-0.4, -0.2) is 29.0 Å². The average Bonchev–Trinajstić information content (AvgIpc) is 2.25. The molecule has 2 nitrogen and oxygen atoms in total. The van der Waals surface area contributed by atoms with E-state index in [4.69, 9.17) is 0 Å². The van der Waals surface area contributed by atoms with Crippen molar-refractivity contribution >= 4 is 0 Å². The van der Waals surface area contributed by atoms with E-state index in [1.807, 2.05) is 18.5 Å². The quantitative estimate of drug-likeness (QED) is 0.711. The number of pyridine rings is 1. The standard InChI is InChI=1S/C13H22N2/c1-4-9-15(12(2)3)10-7-13-6-5-8-14-11-13/h5-6,8,11-12H,4,7,9-10H2,1-3H3.